The molecule has 4 nitrogen and oxygen atoms in total. The van der Waals surface area contributed by atoms with Gasteiger partial charge in [0.2, 0.25) is 0 Å². The van der Waals surface area contributed by atoms with E-state index in [1.54, 1.807) is 12.2 Å². The van der Waals surface area contributed by atoms with Gasteiger partial charge in [0.05, 0.1) is 6.61 Å². The lowest BCUT2D eigenvalue weighted by molar-refractivity contribution is -0.195. The monoisotopic (exact) mass is 160 g/mol. The van der Waals surface area contributed by atoms with Gasteiger partial charge in [-0.15, -0.1) is 0 Å². The average Bonchev–Trinajstić information content (AvgIpc) is 2.05. The number of ether oxygens (including phenoxy) is 2. The maximum Gasteiger partial charge on any atom is 0.187 e. The second kappa shape index (κ2) is 3.82. The van der Waals surface area contributed by atoms with Crippen LogP contribution in [0.15, 0.2) is 12.2 Å². The van der Waals surface area contributed by atoms with E-state index >= 15 is 0 Å². The van der Waals surface area contributed by atoms with Gasteiger partial charge in [0.15, 0.2) is 6.29 Å². The molecule has 0 aliphatic carbocycles. The molecular formula is C7H12O4. The van der Waals surface area contributed by atoms with E-state index in [1.807, 2.05) is 0 Å². The van der Waals surface area contributed by atoms with E-state index in [2.05, 4.69) is 0 Å². The quantitative estimate of drug-likeness (QED) is 0.523. The number of methoxy groups -OCH3 is 1. The second-order valence-corrected chi connectivity index (χ2v) is 2.34. The lowest BCUT2D eigenvalue weighted by Crippen LogP contribution is -2.37. The van der Waals surface area contributed by atoms with Gasteiger partial charge in [-0.2, -0.15) is 0 Å². The molecule has 0 unspecified atom stereocenters. The first kappa shape index (κ1) is 8.67. The molecule has 3 atom stereocenters. The van der Waals surface area contributed by atoms with Crippen molar-refractivity contribution in [2.24, 2.45) is 0 Å². The summed E-state index contributed by atoms with van der Waals surface area (Å²) < 4.78 is 9.89. The highest BCUT2D eigenvalue weighted by molar-refractivity contribution is 4.99. The Kier molecular flexibility index (Phi) is 3.02. The van der Waals surface area contributed by atoms with Crippen LogP contribution in [0.2, 0.25) is 0 Å². The molecule has 0 fully saturated rings. The molecule has 0 saturated heterocycles. The molecule has 0 radical (unpaired) electrons. The molecule has 0 aromatic carbocycles. The molecule has 0 bridgehead atoms. The number of hydrogen-bond donors (Lipinski definition) is 2. The third-order valence-electron chi connectivity index (χ3n) is 1.52. The van der Waals surface area contributed by atoms with Crippen LogP contribution in [-0.2, 0) is 9.47 Å². The Labute approximate surface area is 65.0 Å². The van der Waals surface area contributed by atoms with E-state index in [0.29, 0.717) is 0 Å². The van der Waals surface area contributed by atoms with Crippen LogP contribution in [0.4, 0.5) is 0 Å². The standard InChI is InChI=1S/C7H12O4/c1-10-7-6(9)3-2-5(4-8)11-7/h2-3,5-9H,4H2,1H3/t5-,6+,7+/m0/s1. The largest absolute Gasteiger partial charge is 0.393 e. The van der Waals surface area contributed by atoms with Crippen molar-refractivity contribution < 1.29 is 19.7 Å². The lowest BCUT2D eigenvalue weighted by Gasteiger charge is -2.27. The summed E-state index contributed by atoms with van der Waals surface area (Å²) in [5.74, 6) is 0. The highest BCUT2D eigenvalue weighted by Gasteiger charge is 2.24. The minimum atomic E-state index is -0.734. The van der Waals surface area contributed by atoms with Gasteiger partial charge in [0.1, 0.15) is 12.2 Å². The molecule has 0 saturated carbocycles. The summed E-state index contributed by atoms with van der Waals surface area (Å²) in [5.41, 5.74) is 0. The predicted molar refractivity (Wildman–Crippen MR) is 37.9 cm³/mol. The summed E-state index contributed by atoms with van der Waals surface area (Å²) in [6, 6.07) is 0. The molecule has 0 spiro atoms. The van der Waals surface area contributed by atoms with Crippen LogP contribution >= 0.6 is 0 Å². The van der Waals surface area contributed by atoms with Gasteiger partial charge in [0, 0.05) is 7.11 Å². The van der Waals surface area contributed by atoms with Gasteiger partial charge in [-0.25, -0.2) is 0 Å². The molecule has 1 aliphatic rings. The number of hydrogen-bond acceptors (Lipinski definition) is 4. The molecule has 1 rings (SSSR count). The molecule has 11 heavy (non-hydrogen) atoms. The van der Waals surface area contributed by atoms with Crippen molar-refractivity contribution in [2.45, 2.75) is 18.5 Å². The first-order chi connectivity index (χ1) is 5.27. The SMILES string of the molecule is CO[C@@H]1O[C@H](CO)C=C[C@H]1O. The molecular weight excluding hydrogens is 148 g/mol. The number of aliphatic hydroxyl groups excluding tert-OH is 2. The average molecular weight is 160 g/mol. The highest BCUT2D eigenvalue weighted by Crippen LogP contribution is 2.12. The Balaban J connectivity index is 2.52. The Morgan fingerprint density at radius 3 is 2.82 bits per heavy atom. The summed E-state index contributed by atoms with van der Waals surface area (Å²) in [6.07, 6.45) is 1.42. The van der Waals surface area contributed by atoms with Crippen LogP contribution in [0.1, 0.15) is 0 Å². The zero-order valence-electron chi connectivity index (χ0n) is 6.30. The fourth-order valence-corrected chi connectivity index (χ4v) is 0.925. The molecule has 4 heteroatoms. The molecule has 64 valence electrons. The van der Waals surface area contributed by atoms with Crippen molar-refractivity contribution in [2.75, 3.05) is 13.7 Å². The Bertz CT molecular complexity index is 145. The maximum atomic E-state index is 9.16. The Morgan fingerprint density at radius 2 is 2.27 bits per heavy atom. The van der Waals surface area contributed by atoms with Gasteiger partial charge >= 0.3 is 0 Å². The summed E-state index contributed by atoms with van der Waals surface area (Å²) >= 11 is 0. The van der Waals surface area contributed by atoms with Crippen molar-refractivity contribution in [3.05, 3.63) is 12.2 Å². The Morgan fingerprint density at radius 1 is 1.55 bits per heavy atom. The van der Waals surface area contributed by atoms with E-state index in [0.717, 1.165) is 0 Å². The van der Waals surface area contributed by atoms with Crippen molar-refractivity contribution in [1.82, 2.24) is 0 Å². The first-order valence-electron chi connectivity index (χ1n) is 3.43. The van der Waals surface area contributed by atoms with Gasteiger partial charge in [-0.05, 0) is 0 Å². The fraction of sp³-hybridized carbons (Fsp3) is 0.714. The Hall–Kier alpha value is -0.420. The predicted octanol–water partition coefficient (Wildman–Crippen LogP) is -0.733. The zero-order valence-corrected chi connectivity index (χ0v) is 6.30. The van der Waals surface area contributed by atoms with Crippen LogP contribution < -0.4 is 0 Å². The molecule has 0 amide bonds. The van der Waals surface area contributed by atoms with Crippen LogP contribution in [0.5, 0.6) is 0 Å². The first-order valence-corrected chi connectivity index (χ1v) is 3.43. The second-order valence-electron chi connectivity index (χ2n) is 2.34. The van der Waals surface area contributed by atoms with Crippen molar-refractivity contribution in [3.63, 3.8) is 0 Å². The number of aliphatic hydroxyl groups is 2. The van der Waals surface area contributed by atoms with E-state index in [4.69, 9.17) is 19.7 Å². The summed E-state index contributed by atoms with van der Waals surface area (Å²) in [5, 5.41) is 17.8. The topological polar surface area (TPSA) is 58.9 Å². The van der Waals surface area contributed by atoms with E-state index in [-0.39, 0.29) is 12.7 Å². The minimum Gasteiger partial charge on any atom is -0.393 e. The molecule has 1 heterocycles. The van der Waals surface area contributed by atoms with Gasteiger partial charge < -0.3 is 19.7 Å². The molecule has 2 N–H and O–H groups in total. The van der Waals surface area contributed by atoms with Crippen LogP contribution in [-0.4, -0.2) is 42.4 Å². The molecule has 1 aliphatic heterocycles. The third-order valence-corrected chi connectivity index (χ3v) is 1.52. The van der Waals surface area contributed by atoms with E-state index in [1.165, 1.54) is 7.11 Å². The van der Waals surface area contributed by atoms with Crippen molar-refractivity contribution in [3.8, 4) is 0 Å². The molecule has 0 aromatic heterocycles. The fourth-order valence-electron chi connectivity index (χ4n) is 0.925. The summed E-state index contributed by atoms with van der Waals surface area (Å²) in [4.78, 5) is 0. The minimum absolute atomic E-state index is 0.0942. The van der Waals surface area contributed by atoms with Gasteiger partial charge in [-0.3, -0.25) is 0 Å². The third kappa shape index (κ3) is 2.00. The van der Waals surface area contributed by atoms with Crippen molar-refractivity contribution >= 4 is 0 Å². The van der Waals surface area contributed by atoms with Gasteiger partial charge in [0.25, 0.3) is 0 Å². The van der Waals surface area contributed by atoms with E-state index < -0.39 is 12.4 Å². The smallest absolute Gasteiger partial charge is 0.187 e. The zero-order chi connectivity index (χ0) is 8.27. The van der Waals surface area contributed by atoms with Crippen LogP contribution in [0.3, 0.4) is 0 Å². The van der Waals surface area contributed by atoms with Crippen molar-refractivity contribution in [1.29, 1.82) is 0 Å². The highest BCUT2D eigenvalue weighted by atomic mass is 16.7. The lowest BCUT2D eigenvalue weighted by atomic mass is 10.2. The summed E-state index contributed by atoms with van der Waals surface area (Å²) in [6.45, 7) is -0.0942. The number of rotatable bonds is 2. The van der Waals surface area contributed by atoms with E-state index in [9.17, 15) is 0 Å². The maximum absolute atomic E-state index is 9.16. The van der Waals surface area contributed by atoms with Crippen LogP contribution in [0.25, 0.3) is 0 Å². The molecule has 0 aromatic rings. The van der Waals surface area contributed by atoms with Gasteiger partial charge in [-0.1, -0.05) is 12.2 Å². The normalized spacial score (nSPS) is 37.5. The van der Waals surface area contributed by atoms with Crippen LogP contribution in [0, 0.1) is 0 Å². The summed E-state index contributed by atoms with van der Waals surface area (Å²) in [7, 11) is 1.45.